The second-order valence-electron chi connectivity index (χ2n) is 3.59. The van der Waals surface area contributed by atoms with Crippen molar-refractivity contribution in [3.63, 3.8) is 0 Å². The summed E-state index contributed by atoms with van der Waals surface area (Å²) in [6.45, 7) is 5.24. The zero-order valence-corrected chi connectivity index (χ0v) is 11.2. The SMILES string of the molecule is CCC(C)NCCNS(=O)(=O)c1cccs1. The van der Waals surface area contributed by atoms with Gasteiger partial charge in [0.15, 0.2) is 0 Å². The van der Waals surface area contributed by atoms with E-state index in [-0.39, 0.29) is 0 Å². The number of thiophene rings is 1. The van der Waals surface area contributed by atoms with Crippen molar-refractivity contribution in [3.05, 3.63) is 17.5 Å². The number of hydrogen-bond donors (Lipinski definition) is 2. The first-order valence-corrected chi connectivity index (χ1v) is 7.69. The Balaban J connectivity index is 2.33. The Morgan fingerprint density at radius 3 is 2.75 bits per heavy atom. The van der Waals surface area contributed by atoms with Gasteiger partial charge in [-0.25, -0.2) is 13.1 Å². The summed E-state index contributed by atoms with van der Waals surface area (Å²) in [5.74, 6) is 0. The fourth-order valence-electron chi connectivity index (χ4n) is 1.14. The predicted molar refractivity (Wildman–Crippen MR) is 67.3 cm³/mol. The maximum absolute atomic E-state index is 11.7. The molecule has 0 radical (unpaired) electrons. The molecule has 0 fully saturated rings. The molecular weight excluding hydrogens is 244 g/mol. The van der Waals surface area contributed by atoms with Crippen LogP contribution >= 0.6 is 11.3 Å². The first kappa shape index (κ1) is 13.6. The standard InChI is InChI=1S/C10H18N2O2S2/c1-3-9(2)11-6-7-12-16(13,14)10-5-4-8-15-10/h4-5,8-9,11-12H,3,6-7H2,1-2H3. The van der Waals surface area contributed by atoms with Crippen molar-refractivity contribution >= 4 is 21.4 Å². The van der Waals surface area contributed by atoms with Crippen LogP contribution in [0.25, 0.3) is 0 Å². The van der Waals surface area contributed by atoms with Crippen LogP contribution < -0.4 is 10.0 Å². The monoisotopic (exact) mass is 262 g/mol. The van der Waals surface area contributed by atoms with Crippen LogP contribution in [-0.2, 0) is 10.0 Å². The van der Waals surface area contributed by atoms with Gasteiger partial charge in [0.2, 0.25) is 10.0 Å². The molecule has 16 heavy (non-hydrogen) atoms. The minimum absolute atomic E-state index is 0.371. The Kier molecular flexibility index (Phi) is 5.40. The van der Waals surface area contributed by atoms with Crippen LogP contribution in [-0.4, -0.2) is 27.5 Å². The summed E-state index contributed by atoms with van der Waals surface area (Å²) in [5, 5.41) is 4.98. The van der Waals surface area contributed by atoms with E-state index in [1.807, 2.05) is 0 Å². The molecule has 1 heterocycles. The topological polar surface area (TPSA) is 58.2 Å². The molecule has 0 bridgehead atoms. The van der Waals surface area contributed by atoms with Crippen molar-refractivity contribution in [3.8, 4) is 0 Å². The van der Waals surface area contributed by atoms with E-state index in [1.165, 1.54) is 11.3 Å². The summed E-state index contributed by atoms with van der Waals surface area (Å²) in [7, 11) is -3.29. The van der Waals surface area contributed by atoms with Crippen molar-refractivity contribution in [2.24, 2.45) is 0 Å². The van der Waals surface area contributed by atoms with Crippen molar-refractivity contribution in [1.29, 1.82) is 0 Å². The van der Waals surface area contributed by atoms with Gasteiger partial charge in [0, 0.05) is 19.1 Å². The second-order valence-corrected chi connectivity index (χ2v) is 6.53. The molecule has 2 N–H and O–H groups in total. The fraction of sp³-hybridized carbons (Fsp3) is 0.600. The minimum atomic E-state index is -3.29. The second kappa shape index (κ2) is 6.34. The number of nitrogens with one attached hydrogen (secondary N) is 2. The average molecular weight is 262 g/mol. The van der Waals surface area contributed by atoms with E-state index in [2.05, 4.69) is 23.9 Å². The molecule has 0 saturated heterocycles. The summed E-state index contributed by atoms with van der Waals surface area (Å²) in [6, 6.07) is 3.76. The Bertz CT molecular complexity index is 387. The Morgan fingerprint density at radius 1 is 1.44 bits per heavy atom. The third-order valence-electron chi connectivity index (χ3n) is 2.28. The van der Waals surface area contributed by atoms with Crippen molar-refractivity contribution in [2.75, 3.05) is 13.1 Å². The number of hydrogen-bond acceptors (Lipinski definition) is 4. The van der Waals surface area contributed by atoms with Gasteiger partial charge in [0.25, 0.3) is 0 Å². The largest absolute Gasteiger partial charge is 0.313 e. The molecule has 0 aliphatic heterocycles. The molecular formula is C10H18N2O2S2. The van der Waals surface area contributed by atoms with Gasteiger partial charge in [0.1, 0.15) is 4.21 Å². The highest BCUT2D eigenvalue weighted by Gasteiger charge is 2.13. The molecule has 0 spiro atoms. The first-order chi connectivity index (χ1) is 7.56. The van der Waals surface area contributed by atoms with Crippen LogP contribution in [0.3, 0.4) is 0 Å². The van der Waals surface area contributed by atoms with Crippen molar-refractivity contribution in [1.82, 2.24) is 10.0 Å². The van der Waals surface area contributed by atoms with Crippen LogP contribution in [0.15, 0.2) is 21.7 Å². The van der Waals surface area contributed by atoms with E-state index in [4.69, 9.17) is 0 Å². The van der Waals surface area contributed by atoms with Crippen LogP contribution in [0.4, 0.5) is 0 Å². The van der Waals surface area contributed by atoms with Gasteiger partial charge in [-0.1, -0.05) is 13.0 Å². The van der Waals surface area contributed by atoms with Crippen molar-refractivity contribution < 1.29 is 8.42 Å². The molecule has 4 nitrogen and oxygen atoms in total. The molecule has 92 valence electrons. The lowest BCUT2D eigenvalue weighted by Crippen LogP contribution is -2.35. The van der Waals surface area contributed by atoms with Gasteiger partial charge in [-0.15, -0.1) is 11.3 Å². The molecule has 0 aliphatic rings. The summed E-state index contributed by atoms with van der Waals surface area (Å²) in [4.78, 5) is 0. The lowest BCUT2D eigenvalue weighted by Gasteiger charge is -2.11. The van der Waals surface area contributed by atoms with Crippen LogP contribution in [0.1, 0.15) is 20.3 Å². The van der Waals surface area contributed by atoms with Gasteiger partial charge in [-0.3, -0.25) is 0 Å². The minimum Gasteiger partial charge on any atom is -0.313 e. The third kappa shape index (κ3) is 4.21. The van der Waals surface area contributed by atoms with Gasteiger partial charge in [-0.05, 0) is 24.8 Å². The molecule has 0 amide bonds. The fourth-order valence-corrected chi connectivity index (χ4v) is 3.21. The Labute approximate surface area is 101 Å². The smallest absolute Gasteiger partial charge is 0.250 e. The lowest BCUT2D eigenvalue weighted by molar-refractivity contribution is 0.528. The molecule has 0 aliphatic carbocycles. The highest BCUT2D eigenvalue weighted by Crippen LogP contribution is 2.14. The highest BCUT2D eigenvalue weighted by atomic mass is 32.2. The van der Waals surface area contributed by atoms with E-state index in [1.54, 1.807) is 17.5 Å². The lowest BCUT2D eigenvalue weighted by atomic mass is 10.3. The third-order valence-corrected chi connectivity index (χ3v) is 5.14. The van der Waals surface area contributed by atoms with E-state index in [0.717, 1.165) is 6.42 Å². The van der Waals surface area contributed by atoms with Crippen LogP contribution in [0, 0.1) is 0 Å². The van der Waals surface area contributed by atoms with Gasteiger partial charge >= 0.3 is 0 Å². The van der Waals surface area contributed by atoms with E-state index >= 15 is 0 Å². The molecule has 1 rings (SSSR count). The summed E-state index contributed by atoms with van der Waals surface area (Å²) >= 11 is 1.23. The molecule has 1 aromatic heterocycles. The Hall–Kier alpha value is -0.430. The predicted octanol–water partition coefficient (Wildman–Crippen LogP) is 1.41. The van der Waals surface area contributed by atoms with Crippen LogP contribution in [0.5, 0.6) is 0 Å². The van der Waals surface area contributed by atoms with E-state index in [9.17, 15) is 8.42 Å². The quantitative estimate of drug-likeness (QED) is 0.731. The molecule has 0 aromatic carbocycles. The highest BCUT2D eigenvalue weighted by molar-refractivity contribution is 7.91. The van der Waals surface area contributed by atoms with Gasteiger partial charge in [-0.2, -0.15) is 0 Å². The molecule has 1 atom stereocenters. The molecule has 6 heteroatoms. The zero-order chi connectivity index (χ0) is 12.0. The Morgan fingerprint density at radius 2 is 2.19 bits per heavy atom. The normalized spacial score (nSPS) is 13.9. The maximum Gasteiger partial charge on any atom is 0.250 e. The molecule has 1 aromatic rings. The van der Waals surface area contributed by atoms with Crippen LogP contribution in [0.2, 0.25) is 0 Å². The van der Waals surface area contributed by atoms with Gasteiger partial charge < -0.3 is 5.32 Å². The molecule has 1 unspecified atom stereocenters. The van der Waals surface area contributed by atoms with E-state index < -0.39 is 10.0 Å². The number of sulfonamides is 1. The molecule has 0 saturated carbocycles. The summed E-state index contributed by atoms with van der Waals surface area (Å²) in [5.41, 5.74) is 0. The van der Waals surface area contributed by atoms with Crippen molar-refractivity contribution in [2.45, 2.75) is 30.5 Å². The summed E-state index contributed by atoms with van der Waals surface area (Å²) in [6.07, 6.45) is 1.04. The number of rotatable bonds is 7. The summed E-state index contributed by atoms with van der Waals surface area (Å²) < 4.78 is 26.3. The van der Waals surface area contributed by atoms with Gasteiger partial charge in [0.05, 0.1) is 0 Å². The average Bonchev–Trinajstić information content (AvgIpc) is 2.78. The maximum atomic E-state index is 11.7. The first-order valence-electron chi connectivity index (χ1n) is 5.33. The zero-order valence-electron chi connectivity index (χ0n) is 9.56. The van der Waals surface area contributed by atoms with E-state index in [0.29, 0.717) is 23.3 Å².